The van der Waals surface area contributed by atoms with Gasteiger partial charge >= 0.3 is 5.97 Å². The van der Waals surface area contributed by atoms with E-state index >= 15 is 0 Å². The van der Waals surface area contributed by atoms with Crippen LogP contribution in [0.15, 0.2) is 54.6 Å². The monoisotopic (exact) mass is 323 g/mol. The molecule has 2 amide bonds. The number of hydrogen-bond acceptors (Lipinski definition) is 5. The van der Waals surface area contributed by atoms with Gasteiger partial charge in [-0.05, 0) is 36.4 Å². The van der Waals surface area contributed by atoms with Gasteiger partial charge in [-0.3, -0.25) is 20.4 Å². The first-order valence-corrected chi connectivity index (χ1v) is 6.91. The maximum atomic E-state index is 11.7. The van der Waals surface area contributed by atoms with Crippen LogP contribution in [0.2, 0.25) is 0 Å². The topological polar surface area (TPSA) is 108 Å². The molecular formula is C17H13N3O4. The van der Waals surface area contributed by atoms with Crippen molar-refractivity contribution in [2.45, 2.75) is 0 Å². The quantitative estimate of drug-likeness (QED) is 0.649. The van der Waals surface area contributed by atoms with E-state index in [9.17, 15) is 14.4 Å². The lowest BCUT2D eigenvalue weighted by Gasteiger charge is -2.08. The van der Waals surface area contributed by atoms with Crippen LogP contribution in [0.4, 0.5) is 0 Å². The Kier molecular flexibility index (Phi) is 5.64. The van der Waals surface area contributed by atoms with Crippen LogP contribution in [0.3, 0.4) is 0 Å². The summed E-state index contributed by atoms with van der Waals surface area (Å²) < 4.78 is 4.82. The zero-order chi connectivity index (χ0) is 17.4. The van der Waals surface area contributed by atoms with Crippen LogP contribution in [-0.4, -0.2) is 24.4 Å². The zero-order valence-corrected chi connectivity index (χ0v) is 12.5. The van der Waals surface area contributed by atoms with Crippen LogP contribution >= 0.6 is 0 Å². The van der Waals surface area contributed by atoms with Crippen molar-refractivity contribution >= 4 is 17.8 Å². The fourth-order valence-corrected chi connectivity index (χ4v) is 1.72. The molecule has 0 aliphatic carbocycles. The molecule has 2 aromatic carbocycles. The molecule has 0 heterocycles. The van der Waals surface area contributed by atoms with Gasteiger partial charge < -0.3 is 4.74 Å². The molecule has 7 heteroatoms. The minimum atomic E-state index is -0.705. The average molecular weight is 323 g/mol. The van der Waals surface area contributed by atoms with Crippen molar-refractivity contribution in [2.24, 2.45) is 0 Å². The van der Waals surface area contributed by atoms with Gasteiger partial charge in [0.2, 0.25) is 0 Å². The first-order chi connectivity index (χ1) is 11.6. The molecule has 2 aromatic rings. The molecule has 0 aromatic heterocycles. The number of carbonyl (C=O) groups is 3. The molecule has 24 heavy (non-hydrogen) atoms. The van der Waals surface area contributed by atoms with Crippen LogP contribution < -0.4 is 10.9 Å². The van der Waals surface area contributed by atoms with Gasteiger partial charge in [0.15, 0.2) is 6.61 Å². The number of hydrazine groups is 1. The summed E-state index contributed by atoms with van der Waals surface area (Å²) in [5, 5.41) is 8.68. The van der Waals surface area contributed by atoms with Gasteiger partial charge in [-0.15, -0.1) is 0 Å². The fourth-order valence-electron chi connectivity index (χ4n) is 1.72. The van der Waals surface area contributed by atoms with E-state index < -0.39 is 24.4 Å². The van der Waals surface area contributed by atoms with Gasteiger partial charge in [-0.2, -0.15) is 5.26 Å². The number of amides is 2. The van der Waals surface area contributed by atoms with E-state index in [1.807, 2.05) is 6.07 Å². The summed E-state index contributed by atoms with van der Waals surface area (Å²) in [6.07, 6.45) is 0. The first kappa shape index (κ1) is 16.7. The Morgan fingerprint density at radius 1 is 0.917 bits per heavy atom. The van der Waals surface area contributed by atoms with Gasteiger partial charge in [0.05, 0.1) is 17.2 Å². The number of hydrogen-bond donors (Lipinski definition) is 2. The van der Waals surface area contributed by atoms with Crippen molar-refractivity contribution in [2.75, 3.05) is 6.61 Å². The van der Waals surface area contributed by atoms with Crippen LogP contribution in [-0.2, 0) is 9.53 Å². The third-order valence-corrected chi connectivity index (χ3v) is 2.94. The van der Waals surface area contributed by atoms with Crippen LogP contribution in [0.25, 0.3) is 0 Å². The van der Waals surface area contributed by atoms with Gasteiger partial charge in [0, 0.05) is 5.56 Å². The Morgan fingerprint density at radius 3 is 2.21 bits per heavy atom. The molecule has 0 radical (unpaired) electrons. The normalized spacial score (nSPS) is 9.46. The van der Waals surface area contributed by atoms with Gasteiger partial charge in [-0.25, -0.2) is 4.79 Å². The molecule has 0 saturated carbocycles. The van der Waals surface area contributed by atoms with Crippen LogP contribution in [0, 0.1) is 11.3 Å². The van der Waals surface area contributed by atoms with Crippen molar-refractivity contribution in [1.82, 2.24) is 10.9 Å². The molecule has 0 spiro atoms. The zero-order valence-electron chi connectivity index (χ0n) is 12.5. The van der Waals surface area contributed by atoms with Gasteiger partial charge in [-0.1, -0.05) is 18.2 Å². The fraction of sp³-hybridized carbons (Fsp3) is 0.0588. The predicted molar refractivity (Wildman–Crippen MR) is 83.5 cm³/mol. The van der Waals surface area contributed by atoms with Crippen LogP contribution in [0.5, 0.6) is 0 Å². The Bertz CT molecular complexity index is 780. The van der Waals surface area contributed by atoms with E-state index in [-0.39, 0.29) is 5.56 Å². The molecule has 2 rings (SSSR count). The molecule has 0 fully saturated rings. The molecule has 120 valence electrons. The lowest BCUT2D eigenvalue weighted by Crippen LogP contribution is -2.43. The van der Waals surface area contributed by atoms with E-state index in [2.05, 4.69) is 10.9 Å². The summed E-state index contributed by atoms with van der Waals surface area (Å²) in [4.78, 5) is 35.0. The smallest absolute Gasteiger partial charge is 0.338 e. The second-order valence-corrected chi connectivity index (χ2v) is 4.63. The van der Waals surface area contributed by atoms with Crippen molar-refractivity contribution in [3.8, 4) is 6.07 Å². The molecule has 0 bridgehead atoms. The summed E-state index contributed by atoms with van der Waals surface area (Å²) in [5.41, 5.74) is 5.37. The number of nitrogens with zero attached hydrogens (tertiary/aromatic N) is 1. The number of ether oxygens (including phenoxy) is 1. The summed E-state index contributed by atoms with van der Waals surface area (Å²) in [5.74, 6) is -1.87. The van der Waals surface area contributed by atoms with Gasteiger partial charge in [0.25, 0.3) is 11.8 Å². The number of benzene rings is 2. The maximum absolute atomic E-state index is 11.7. The number of esters is 1. The summed E-state index contributed by atoms with van der Waals surface area (Å²) in [7, 11) is 0. The highest BCUT2D eigenvalue weighted by molar-refractivity contribution is 5.96. The van der Waals surface area contributed by atoms with Crippen molar-refractivity contribution < 1.29 is 19.1 Å². The molecule has 0 aliphatic heterocycles. The highest BCUT2D eigenvalue weighted by atomic mass is 16.5. The minimum absolute atomic E-state index is 0.218. The molecule has 0 saturated heterocycles. The van der Waals surface area contributed by atoms with E-state index in [1.165, 1.54) is 24.3 Å². The molecular weight excluding hydrogens is 310 g/mol. The molecule has 2 N–H and O–H groups in total. The average Bonchev–Trinajstić information content (AvgIpc) is 2.64. The second kappa shape index (κ2) is 8.10. The molecule has 0 atom stereocenters. The SMILES string of the molecule is N#Cc1ccc(C(=O)OCC(=O)NNC(=O)c2ccccc2)cc1. The minimum Gasteiger partial charge on any atom is -0.452 e. The Labute approximate surface area is 137 Å². The first-order valence-electron chi connectivity index (χ1n) is 6.91. The Morgan fingerprint density at radius 2 is 1.58 bits per heavy atom. The van der Waals surface area contributed by atoms with Crippen molar-refractivity contribution in [1.29, 1.82) is 5.26 Å². The lowest BCUT2D eigenvalue weighted by molar-refractivity contribution is -0.125. The van der Waals surface area contributed by atoms with E-state index in [0.29, 0.717) is 11.1 Å². The standard InChI is InChI=1S/C17H13N3O4/c18-10-12-6-8-14(9-7-12)17(23)24-11-15(21)19-20-16(22)13-4-2-1-3-5-13/h1-9H,11H2,(H,19,21)(H,20,22). The van der Waals surface area contributed by atoms with Gasteiger partial charge in [0.1, 0.15) is 0 Å². The number of nitriles is 1. The summed E-state index contributed by atoms with van der Waals surface area (Å²) in [6.45, 7) is -0.548. The predicted octanol–water partition coefficient (Wildman–Crippen LogP) is 1.18. The van der Waals surface area contributed by atoms with E-state index in [0.717, 1.165) is 0 Å². The van der Waals surface area contributed by atoms with Crippen molar-refractivity contribution in [3.63, 3.8) is 0 Å². The lowest BCUT2D eigenvalue weighted by atomic mass is 10.1. The third kappa shape index (κ3) is 4.68. The second-order valence-electron chi connectivity index (χ2n) is 4.63. The highest BCUT2D eigenvalue weighted by Crippen LogP contribution is 2.04. The third-order valence-electron chi connectivity index (χ3n) is 2.94. The molecule has 7 nitrogen and oxygen atoms in total. The number of rotatable bonds is 4. The summed E-state index contributed by atoms with van der Waals surface area (Å²) in [6, 6.07) is 16.0. The van der Waals surface area contributed by atoms with Crippen molar-refractivity contribution in [3.05, 3.63) is 71.3 Å². The van der Waals surface area contributed by atoms with E-state index in [1.54, 1.807) is 30.3 Å². The molecule has 0 unspecified atom stereocenters. The highest BCUT2D eigenvalue weighted by Gasteiger charge is 2.11. The Hall–Kier alpha value is -3.66. The number of nitrogens with one attached hydrogen (secondary N) is 2. The maximum Gasteiger partial charge on any atom is 0.338 e. The largest absolute Gasteiger partial charge is 0.452 e. The summed E-state index contributed by atoms with van der Waals surface area (Å²) >= 11 is 0. The Balaban J connectivity index is 1.77. The molecule has 0 aliphatic rings. The van der Waals surface area contributed by atoms with E-state index in [4.69, 9.17) is 10.00 Å². The van der Waals surface area contributed by atoms with Crippen LogP contribution in [0.1, 0.15) is 26.3 Å². The number of carbonyl (C=O) groups excluding carboxylic acids is 3.